The topological polar surface area (TPSA) is 62.5 Å². The molecule has 0 unspecified atom stereocenters. The highest BCUT2D eigenvalue weighted by Crippen LogP contribution is 2.28. The smallest absolute Gasteiger partial charge is 0.214 e. The van der Waals surface area contributed by atoms with Crippen molar-refractivity contribution in [3.8, 4) is 11.3 Å². The number of rotatable bonds is 3. The van der Waals surface area contributed by atoms with Crippen molar-refractivity contribution in [3.05, 3.63) is 54.4 Å². The number of anilines is 2. The zero-order valence-corrected chi connectivity index (χ0v) is 16.1. The number of hydrogen-bond donors (Lipinski definition) is 0. The molecule has 0 radical (unpaired) electrons. The number of halogens is 1. The monoisotopic (exact) mass is 395 g/mol. The lowest BCUT2D eigenvalue weighted by Crippen LogP contribution is -2.46. The summed E-state index contributed by atoms with van der Waals surface area (Å²) in [4.78, 5) is 18.6. The zero-order chi connectivity index (χ0) is 19.1. The van der Waals surface area contributed by atoms with Crippen LogP contribution < -0.4 is 9.80 Å². The minimum atomic E-state index is -0.249. The molecule has 142 valence electrons. The van der Waals surface area contributed by atoms with Gasteiger partial charge in [-0.1, -0.05) is 11.3 Å². The Morgan fingerprint density at radius 1 is 1.00 bits per heavy atom. The van der Waals surface area contributed by atoms with Gasteiger partial charge < -0.3 is 9.80 Å². The molecule has 0 atom stereocenters. The molecular formula is C19H18FN7S. The SMILES string of the molecule is Cc1cc(N2CCN(c3nn4cc(-c5ccc(F)cc5)nc4s3)CC2)ncn1. The van der Waals surface area contributed by atoms with Crippen molar-refractivity contribution < 1.29 is 4.39 Å². The predicted molar refractivity (Wildman–Crippen MR) is 107 cm³/mol. The van der Waals surface area contributed by atoms with Crippen LogP contribution in [-0.4, -0.2) is 50.7 Å². The Kier molecular flexibility index (Phi) is 4.16. The highest BCUT2D eigenvalue weighted by molar-refractivity contribution is 7.20. The van der Waals surface area contributed by atoms with Crippen molar-refractivity contribution >= 4 is 27.2 Å². The predicted octanol–water partition coefficient (Wildman–Crippen LogP) is 3.02. The van der Waals surface area contributed by atoms with Crippen LogP contribution in [0.3, 0.4) is 0 Å². The van der Waals surface area contributed by atoms with E-state index in [2.05, 4.69) is 24.8 Å². The number of fused-ring (bicyclic) bond motifs is 1. The fourth-order valence-electron chi connectivity index (χ4n) is 3.32. The maximum absolute atomic E-state index is 13.1. The van der Waals surface area contributed by atoms with E-state index in [0.29, 0.717) is 0 Å². The van der Waals surface area contributed by atoms with E-state index < -0.39 is 0 Å². The standard InChI is InChI=1S/C19H18FN7S/c1-13-10-17(22-12-21-13)25-6-8-26(9-7-25)19-24-27-11-16(23-18(27)28-19)14-2-4-15(20)5-3-14/h2-5,10-12H,6-9H2,1H3. The maximum Gasteiger partial charge on any atom is 0.214 e. The minimum absolute atomic E-state index is 0.249. The Hall–Kier alpha value is -3.07. The van der Waals surface area contributed by atoms with E-state index in [1.54, 1.807) is 34.3 Å². The molecule has 0 amide bonds. The number of imidazole rings is 1. The lowest BCUT2D eigenvalue weighted by atomic mass is 10.2. The van der Waals surface area contributed by atoms with Gasteiger partial charge in [-0.2, -0.15) is 0 Å². The summed E-state index contributed by atoms with van der Waals surface area (Å²) in [6.45, 7) is 5.51. The van der Waals surface area contributed by atoms with E-state index in [0.717, 1.165) is 59.0 Å². The van der Waals surface area contributed by atoms with Gasteiger partial charge >= 0.3 is 0 Å². The normalized spacial score (nSPS) is 14.8. The molecule has 28 heavy (non-hydrogen) atoms. The van der Waals surface area contributed by atoms with Crippen molar-refractivity contribution in [2.24, 2.45) is 0 Å². The maximum atomic E-state index is 13.1. The van der Waals surface area contributed by atoms with Crippen LogP contribution in [0.1, 0.15) is 5.69 Å². The van der Waals surface area contributed by atoms with Gasteiger partial charge in [0.25, 0.3) is 0 Å². The minimum Gasteiger partial charge on any atom is -0.353 e. The molecule has 0 saturated carbocycles. The first-order valence-corrected chi connectivity index (χ1v) is 9.88. The van der Waals surface area contributed by atoms with Gasteiger partial charge in [0.2, 0.25) is 10.1 Å². The fraction of sp³-hybridized carbons (Fsp3) is 0.263. The lowest BCUT2D eigenvalue weighted by Gasteiger charge is -2.35. The van der Waals surface area contributed by atoms with E-state index in [4.69, 9.17) is 5.10 Å². The van der Waals surface area contributed by atoms with Gasteiger partial charge in [-0.25, -0.2) is 23.9 Å². The van der Waals surface area contributed by atoms with Gasteiger partial charge in [0.1, 0.15) is 18.0 Å². The second-order valence-corrected chi connectivity index (χ2v) is 7.67. The van der Waals surface area contributed by atoms with Gasteiger partial charge in [0.15, 0.2) is 0 Å². The largest absolute Gasteiger partial charge is 0.353 e. The number of hydrogen-bond acceptors (Lipinski definition) is 7. The van der Waals surface area contributed by atoms with Crippen LogP contribution in [0.25, 0.3) is 16.2 Å². The van der Waals surface area contributed by atoms with Crippen molar-refractivity contribution in [2.75, 3.05) is 36.0 Å². The second-order valence-electron chi connectivity index (χ2n) is 6.74. The van der Waals surface area contributed by atoms with Crippen molar-refractivity contribution in [3.63, 3.8) is 0 Å². The molecule has 1 saturated heterocycles. The zero-order valence-electron chi connectivity index (χ0n) is 15.3. The molecule has 1 fully saturated rings. The highest BCUT2D eigenvalue weighted by Gasteiger charge is 2.22. The molecule has 7 nitrogen and oxygen atoms in total. The Morgan fingerprint density at radius 2 is 1.75 bits per heavy atom. The van der Waals surface area contributed by atoms with Crippen LogP contribution in [-0.2, 0) is 0 Å². The number of aryl methyl sites for hydroxylation is 1. The summed E-state index contributed by atoms with van der Waals surface area (Å²) < 4.78 is 14.9. The van der Waals surface area contributed by atoms with Crippen molar-refractivity contribution in [2.45, 2.75) is 6.92 Å². The molecule has 1 aliphatic heterocycles. The summed E-state index contributed by atoms with van der Waals surface area (Å²) in [5.41, 5.74) is 2.66. The first-order valence-electron chi connectivity index (χ1n) is 9.06. The molecular weight excluding hydrogens is 377 g/mol. The summed E-state index contributed by atoms with van der Waals surface area (Å²) in [5, 5.41) is 5.66. The van der Waals surface area contributed by atoms with Crippen LogP contribution in [0, 0.1) is 12.7 Å². The molecule has 1 aliphatic rings. The van der Waals surface area contributed by atoms with E-state index in [1.165, 1.54) is 12.1 Å². The Balaban J connectivity index is 1.31. The summed E-state index contributed by atoms with van der Waals surface area (Å²) in [6, 6.07) is 8.37. The van der Waals surface area contributed by atoms with E-state index >= 15 is 0 Å². The van der Waals surface area contributed by atoms with Crippen molar-refractivity contribution in [1.82, 2.24) is 24.6 Å². The molecule has 4 heterocycles. The average molecular weight is 395 g/mol. The van der Waals surface area contributed by atoms with E-state index in [-0.39, 0.29) is 5.82 Å². The molecule has 1 aromatic carbocycles. The average Bonchev–Trinajstić information content (AvgIpc) is 3.28. The Morgan fingerprint density at radius 3 is 2.46 bits per heavy atom. The van der Waals surface area contributed by atoms with Crippen LogP contribution in [0.2, 0.25) is 0 Å². The van der Waals surface area contributed by atoms with Gasteiger partial charge in [0.05, 0.1) is 11.9 Å². The van der Waals surface area contributed by atoms with Gasteiger partial charge in [-0.3, -0.25) is 0 Å². The molecule has 4 aromatic rings. The lowest BCUT2D eigenvalue weighted by molar-refractivity contribution is 0.628. The molecule has 9 heteroatoms. The van der Waals surface area contributed by atoms with E-state index in [9.17, 15) is 4.39 Å². The Labute approximate surface area is 165 Å². The second kappa shape index (κ2) is 6.83. The summed E-state index contributed by atoms with van der Waals surface area (Å²) in [6.07, 6.45) is 3.51. The quantitative estimate of drug-likeness (QED) is 0.531. The first kappa shape index (κ1) is 17.1. The molecule has 0 aliphatic carbocycles. The highest BCUT2D eigenvalue weighted by atomic mass is 32.1. The molecule has 0 bridgehead atoms. The van der Waals surface area contributed by atoms with Crippen LogP contribution in [0.4, 0.5) is 15.3 Å². The van der Waals surface area contributed by atoms with Crippen LogP contribution >= 0.6 is 11.3 Å². The van der Waals surface area contributed by atoms with Crippen LogP contribution in [0.15, 0.2) is 42.9 Å². The molecule has 0 spiro atoms. The van der Waals surface area contributed by atoms with Gasteiger partial charge in [-0.15, -0.1) is 5.10 Å². The number of piperazine rings is 1. The molecule has 5 rings (SSSR count). The summed E-state index contributed by atoms with van der Waals surface area (Å²) in [5.74, 6) is 0.728. The number of aromatic nitrogens is 5. The third-order valence-corrected chi connectivity index (χ3v) is 5.82. The number of benzene rings is 1. The Bertz CT molecular complexity index is 1080. The van der Waals surface area contributed by atoms with Gasteiger partial charge in [0, 0.05) is 43.5 Å². The van der Waals surface area contributed by atoms with E-state index in [1.807, 2.05) is 19.2 Å². The first-order chi connectivity index (χ1) is 13.7. The third-order valence-electron chi connectivity index (χ3n) is 4.84. The summed E-state index contributed by atoms with van der Waals surface area (Å²) >= 11 is 1.57. The van der Waals surface area contributed by atoms with Gasteiger partial charge in [-0.05, 0) is 31.2 Å². The third kappa shape index (κ3) is 3.18. The molecule has 0 N–H and O–H groups in total. The fourth-order valence-corrected chi connectivity index (χ4v) is 4.25. The van der Waals surface area contributed by atoms with Crippen LogP contribution in [0.5, 0.6) is 0 Å². The summed E-state index contributed by atoms with van der Waals surface area (Å²) in [7, 11) is 0. The molecule has 3 aromatic heterocycles. The van der Waals surface area contributed by atoms with Crippen molar-refractivity contribution in [1.29, 1.82) is 0 Å². The number of nitrogens with zero attached hydrogens (tertiary/aromatic N) is 7.